The fourth-order valence-electron chi connectivity index (χ4n) is 3.33. The van der Waals surface area contributed by atoms with Crippen LogP contribution in [0.1, 0.15) is 53.7 Å². The first-order chi connectivity index (χ1) is 18.4. The summed E-state index contributed by atoms with van der Waals surface area (Å²) in [5.74, 6) is 0.892. The van der Waals surface area contributed by atoms with Crippen molar-refractivity contribution in [2.24, 2.45) is 0 Å². The van der Waals surface area contributed by atoms with E-state index >= 15 is 0 Å². The Morgan fingerprint density at radius 3 is 2.44 bits per heavy atom. The summed E-state index contributed by atoms with van der Waals surface area (Å²) < 4.78 is 16.1. The number of ether oxygens (including phenoxy) is 3. The molecule has 0 aliphatic heterocycles. The predicted molar refractivity (Wildman–Crippen MR) is 147 cm³/mol. The number of benzene rings is 1. The van der Waals surface area contributed by atoms with Crippen molar-refractivity contribution in [1.82, 2.24) is 25.3 Å². The molecular formula is C28H36N6O5. The van der Waals surface area contributed by atoms with Gasteiger partial charge in [-0.15, -0.1) is 0 Å². The van der Waals surface area contributed by atoms with Crippen molar-refractivity contribution in [3.63, 3.8) is 0 Å². The lowest BCUT2D eigenvalue weighted by Crippen LogP contribution is -2.33. The largest absolute Gasteiger partial charge is 0.482 e. The monoisotopic (exact) mass is 536 g/mol. The maximum absolute atomic E-state index is 11.9. The van der Waals surface area contributed by atoms with Gasteiger partial charge in [-0.05, 0) is 78.6 Å². The van der Waals surface area contributed by atoms with E-state index in [2.05, 4.69) is 30.6 Å². The van der Waals surface area contributed by atoms with Gasteiger partial charge in [0.2, 0.25) is 5.95 Å². The van der Waals surface area contributed by atoms with Crippen molar-refractivity contribution in [3.05, 3.63) is 54.6 Å². The zero-order valence-electron chi connectivity index (χ0n) is 23.3. The number of hydrogen-bond donors (Lipinski definition) is 2. The van der Waals surface area contributed by atoms with E-state index in [0.717, 1.165) is 11.3 Å². The maximum atomic E-state index is 11.9. The van der Waals surface area contributed by atoms with Gasteiger partial charge in [0.15, 0.2) is 12.4 Å². The van der Waals surface area contributed by atoms with Crippen molar-refractivity contribution in [2.45, 2.75) is 65.6 Å². The number of nitrogens with zero attached hydrogens (tertiary/aromatic N) is 4. The average Bonchev–Trinajstić information content (AvgIpc) is 2.84. The van der Waals surface area contributed by atoms with Crippen LogP contribution in [0.25, 0.3) is 11.4 Å². The zero-order chi connectivity index (χ0) is 28.5. The van der Waals surface area contributed by atoms with Gasteiger partial charge in [0, 0.05) is 35.8 Å². The Morgan fingerprint density at radius 1 is 0.923 bits per heavy atom. The number of anilines is 2. The molecule has 208 valence electrons. The quantitative estimate of drug-likeness (QED) is 0.273. The van der Waals surface area contributed by atoms with Crippen LogP contribution in [-0.4, -0.2) is 56.4 Å². The summed E-state index contributed by atoms with van der Waals surface area (Å²) in [4.78, 5) is 41.2. The second-order valence-electron chi connectivity index (χ2n) is 10.7. The summed E-state index contributed by atoms with van der Waals surface area (Å²) in [6.07, 6.45) is 4.06. The number of esters is 1. The number of carbonyl (C=O) groups is 2. The van der Waals surface area contributed by atoms with Gasteiger partial charge >= 0.3 is 12.1 Å². The van der Waals surface area contributed by atoms with E-state index in [1.54, 1.807) is 45.2 Å². The Balaban J connectivity index is 1.57. The van der Waals surface area contributed by atoms with Crippen LogP contribution in [0.4, 0.5) is 16.4 Å². The molecule has 1 amide bonds. The molecule has 2 heterocycles. The first-order valence-corrected chi connectivity index (χ1v) is 12.7. The van der Waals surface area contributed by atoms with E-state index in [4.69, 9.17) is 14.2 Å². The Bertz CT molecular complexity index is 1270. The zero-order valence-corrected chi connectivity index (χ0v) is 23.3. The number of carbonyl (C=O) groups excluding carboxylic acids is 2. The predicted octanol–water partition coefficient (Wildman–Crippen LogP) is 4.86. The van der Waals surface area contributed by atoms with E-state index in [9.17, 15) is 9.59 Å². The Morgan fingerprint density at radius 2 is 1.69 bits per heavy atom. The topological polar surface area (TPSA) is 137 Å². The van der Waals surface area contributed by atoms with Crippen molar-refractivity contribution in [3.8, 4) is 17.1 Å². The summed E-state index contributed by atoms with van der Waals surface area (Å²) in [7, 11) is 0. The number of amides is 1. The number of rotatable bonds is 10. The fourth-order valence-corrected chi connectivity index (χ4v) is 3.33. The van der Waals surface area contributed by atoms with Gasteiger partial charge in [-0.3, -0.25) is 4.98 Å². The molecule has 0 saturated carbocycles. The molecule has 0 radical (unpaired) electrons. The number of alkyl carbamates (subject to hydrolysis) is 1. The Labute approximate surface area is 228 Å². The molecule has 0 bridgehead atoms. The molecule has 2 aromatic heterocycles. The highest BCUT2D eigenvalue weighted by Crippen LogP contribution is 2.22. The Kier molecular flexibility index (Phi) is 9.75. The average molecular weight is 537 g/mol. The highest BCUT2D eigenvalue weighted by Gasteiger charge is 2.17. The molecule has 1 aromatic carbocycles. The van der Waals surface area contributed by atoms with Crippen LogP contribution in [-0.2, 0) is 20.7 Å². The summed E-state index contributed by atoms with van der Waals surface area (Å²) >= 11 is 0. The molecule has 39 heavy (non-hydrogen) atoms. The molecule has 11 heteroatoms. The highest BCUT2D eigenvalue weighted by atomic mass is 16.6. The summed E-state index contributed by atoms with van der Waals surface area (Å²) in [5.41, 5.74) is 1.22. The third-order valence-electron chi connectivity index (χ3n) is 4.79. The number of nitrogens with one attached hydrogen (secondary N) is 2. The second-order valence-corrected chi connectivity index (χ2v) is 10.7. The lowest BCUT2D eigenvalue weighted by atomic mass is 10.1. The molecule has 0 aliphatic carbocycles. The highest BCUT2D eigenvalue weighted by molar-refractivity contribution is 5.71. The van der Waals surface area contributed by atoms with Crippen molar-refractivity contribution >= 4 is 23.7 Å². The third-order valence-corrected chi connectivity index (χ3v) is 4.79. The van der Waals surface area contributed by atoms with Gasteiger partial charge in [0.1, 0.15) is 23.3 Å². The molecule has 3 aromatic rings. The molecular weight excluding hydrogens is 500 g/mol. The molecule has 2 N–H and O–H groups in total. The normalized spacial score (nSPS) is 11.4. The van der Waals surface area contributed by atoms with Gasteiger partial charge in [-0.25, -0.2) is 19.6 Å². The van der Waals surface area contributed by atoms with Gasteiger partial charge in [0.25, 0.3) is 0 Å². The first-order valence-electron chi connectivity index (χ1n) is 12.7. The van der Waals surface area contributed by atoms with Crippen LogP contribution in [0.2, 0.25) is 0 Å². The summed E-state index contributed by atoms with van der Waals surface area (Å²) in [5, 5.41) is 5.89. The lowest BCUT2D eigenvalue weighted by Gasteiger charge is -2.19. The molecule has 0 atom stereocenters. The van der Waals surface area contributed by atoms with Crippen molar-refractivity contribution in [2.75, 3.05) is 18.5 Å². The van der Waals surface area contributed by atoms with Gasteiger partial charge in [0.05, 0.1) is 0 Å². The summed E-state index contributed by atoms with van der Waals surface area (Å²) in [6.45, 7) is 11.2. The minimum absolute atomic E-state index is 0.196. The fraction of sp³-hybridized carbons (Fsp3) is 0.429. The maximum Gasteiger partial charge on any atom is 0.407 e. The van der Waals surface area contributed by atoms with E-state index < -0.39 is 23.3 Å². The molecule has 0 fully saturated rings. The van der Waals surface area contributed by atoms with E-state index in [-0.39, 0.29) is 6.61 Å². The SMILES string of the molecule is CC(C)(C)OC(=O)COc1cccc(Nc2ncnc(-c3ccnc(CCCNC(=O)OC(C)(C)C)c3)n2)c1. The van der Waals surface area contributed by atoms with Gasteiger partial charge in [-0.1, -0.05) is 6.07 Å². The number of hydrogen-bond acceptors (Lipinski definition) is 10. The van der Waals surface area contributed by atoms with Crippen LogP contribution in [0.3, 0.4) is 0 Å². The molecule has 0 spiro atoms. The number of aromatic nitrogens is 4. The van der Waals surface area contributed by atoms with Crippen LogP contribution in [0.5, 0.6) is 5.75 Å². The van der Waals surface area contributed by atoms with Crippen molar-refractivity contribution in [1.29, 1.82) is 0 Å². The smallest absolute Gasteiger partial charge is 0.407 e. The Hall–Kier alpha value is -4.28. The first kappa shape index (κ1) is 29.3. The van der Waals surface area contributed by atoms with E-state index in [1.165, 1.54) is 6.33 Å². The van der Waals surface area contributed by atoms with Crippen molar-refractivity contribution < 1.29 is 23.8 Å². The molecule has 11 nitrogen and oxygen atoms in total. The van der Waals surface area contributed by atoms with Crippen LogP contribution in [0.15, 0.2) is 48.9 Å². The van der Waals surface area contributed by atoms with Gasteiger partial charge in [-0.2, -0.15) is 4.98 Å². The minimum Gasteiger partial charge on any atom is -0.482 e. The van der Waals surface area contributed by atoms with Crippen LogP contribution in [0, 0.1) is 0 Å². The number of aryl methyl sites for hydroxylation is 1. The van der Waals surface area contributed by atoms with E-state index in [1.807, 2.05) is 39.0 Å². The molecule has 0 unspecified atom stereocenters. The standard InChI is InChI=1S/C28H36N6O5/c1-27(2,3)38-23(35)17-37-22-11-7-9-21(16-22)33-25-32-18-31-24(34-25)19-12-14-29-20(15-19)10-8-13-30-26(36)39-28(4,5)6/h7,9,11-12,14-16,18H,8,10,13,17H2,1-6H3,(H,30,36)(H,31,32,33,34). The molecule has 3 rings (SSSR count). The van der Waals surface area contributed by atoms with Gasteiger partial charge < -0.3 is 24.8 Å². The molecule has 0 saturated heterocycles. The van der Waals surface area contributed by atoms with E-state index in [0.29, 0.717) is 42.6 Å². The number of pyridine rings is 1. The summed E-state index contributed by atoms with van der Waals surface area (Å²) in [6, 6.07) is 10.9. The third kappa shape index (κ3) is 10.9. The lowest BCUT2D eigenvalue weighted by molar-refractivity contribution is -0.157. The van der Waals surface area contributed by atoms with Crippen LogP contribution >= 0.6 is 0 Å². The van der Waals surface area contributed by atoms with Crippen LogP contribution < -0.4 is 15.4 Å². The minimum atomic E-state index is -0.575. The second kappa shape index (κ2) is 13.0. The molecule has 0 aliphatic rings.